The maximum Gasteiger partial charge on any atom is 0.0962 e. The molecule has 0 spiro atoms. The van der Waals surface area contributed by atoms with Crippen LogP contribution >= 0.6 is 11.3 Å². The third kappa shape index (κ3) is 1.98. The lowest BCUT2D eigenvalue weighted by atomic mass is 9.85. The Bertz CT molecular complexity index is 295. The van der Waals surface area contributed by atoms with Crippen LogP contribution in [0.4, 0.5) is 0 Å². The van der Waals surface area contributed by atoms with Gasteiger partial charge in [0.05, 0.1) is 5.01 Å². The molecule has 2 unspecified atom stereocenters. The molecule has 3 heteroatoms. The molecule has 2 nitrogen and oxygen atoms in total. The summed E-state index contributed by atoms with van der Waals surface area (Å²) in [7, 11) is 0. The molecule has 0 aromatic carbocycles. The van der Waals surface area contributed by atoms with E-state index >= 15 is 0 Å². The Morgan fingerprint density at radius 3 is 3.14 bits per heavy atom. The first-order valence-corrected chi connectivity index (χ1v) is 6.32. The van der Waals surface area contributed by atoms with E-state index in [1.807, 2.05) is 11.3 Å². The predicted molar refractivity (Wildman–Crippen MR) is 60.9 cm³/mol. The largest absolute Gasteiger partial charge is 0.316 e. The van der Waals surface area contributed by atoms with Crippen molar-refractivity contribution in [1.82, 2.24) is 10.3 Å². The summed E-state index contributed by atoms with van der Waals surface area (Å²) in [6.45, 7) is 6.69. The molecule has 2 rings (SSSR count). The van der Waals surface area contributed by atoms with Gasteiger partial charge in [-0.25, -0.2) is 4.98 Å². The van der Waals surface area contributed by atoms with Crippen molar-refractivity contribution in [1.29, 1.82) is 0 Å². The lowest BCUT2D eigenvalue weighted by Gasteiger charge is -2.29. The molecule has 14 heavy (non-hydrogen) atoms. The van der Waals surface area contributed by atoms with E-state index in [4.69, 9.17) is 0 Å². The Morgan fingerprint density at radius 1 is 1.64 bits per heavy atom. The molecule has 0 bridgehead atoms. The number of hydrogen-bond donors (Lipinski definition) is 1. The lowest BCUT2D eigenvalue weighted by Crippen LogP contribution is -2.35. The molecule has 2 atom stereocenters. The first-order valence-electron chi connectivity index (χ1n) is 5.44. The number of piperidine rings is 1. The van der Waals surface area contributed by atoms with E-state index in [2.05, 4.69) is 29.5 Å². The molecular weight excluding hydrogens is 192 g/mol. The van der Waals surface area contributed by atoms with Crippen LogP contribution in [0.1, 0.15) is 36.4 Å². The van der Waals surface area contributed by atoms with Gasteiger partial charge in [0.25, 0.3) is 0 Å². The molecule has 1 aromatic heterocycles. The summed E-state index contributed by atoms with van der Waals surface area (Å²) in [5.41, 5.74) is 1.18. The van der Waals surface area contributed by atoms with Gasteiger partial charge in [-0.3, -0.25) is 0 Å². The smallest absolute Gasteiger partial charge is 0.0962 e. The molecule has 0 radical (unpaired) electrons. The van der Waals surface area contributed by atoms with Crippen LogP contribution in [0, 0.1) is 12.8 Å². The Labute approximate surface area is 89.8 Å². The van der Waals surface area contributed by atoms with Gasteiger partial charge < -0.3 is 5.32 Å². The first-order chi connectivity index (χ1) is 6.81. The molecule has 0 saturated carbocycles. The van der Waals surface area contributed by atoms with Crippen LogP contribution in [0.25, 0.3) is 0 Å². The predicted octanol–water partition coefficient (Wildman–Crippen LogP) is 2.55. The summed E-state index contributed by atoms with van der Waals surface area (Å²) in [5, 5.41) is 7.00. The second kappa shape index (κ2) is 4.41. The number of aromatic nitrogens is 1. The topological polar surface area (TPSA) is 24.9 Å². The fourth-order valence-electron chi connectivity index (χ4n) is 2.22. The van der Waals surface area contributed by atoms with E-state index < -0.39 is 0 Å². The molecule has 78 valence electrons. The van der Waals surface area contributed by atoms with Crippen LogP contribution in [0.5, 0.6) is 0 Å². The van der Waals surface area contributed by atoms with Crippen molar-refractivity contribution in [2.75, 3.05) is 13.1 Å². The zero-order valence-electron chi connectivity index (χ0n) is 8.92. The number of thiazole rings is 1. The van der Waals surface area contributed by atoms with Gasteiger partial charge in [-0.2, -0.15) is 0 Å². The summed E-state index contributed by atoms with van der Waals surface area (Å²) >= 11 is 1.84. The Balaban J connectivity index is 2.14. The lowest BCUT2D eigenvalue weighted by molar-refractivity contribution is 0.317. The van der Waals surface area contributed by atoms with Gasteiger partial charge in [-0.1, -0.05) is 13.3 Å². The minimum atomic E-state index is 0.708. The highest BCUT2D eigenvalue weighted by Gasteiger charge is 2.26. The van der Waals surface area contributed by atoms with Gasteiger partial charge >= 0.3 is 0 Å². The van der Waals surface area contributed by atoms with Crippen LogP contribution in [0.3, 0.4) is 0 Å². The van der Waals surface area contributed by atoms with Crippen molar-refractivity contribution in [2.24, 2.45) is 5.92 Å². The minimum Gasteiger partial charge on any atom is -0.316 e. The van der Waals surface area contributed by atoms with Crippen LogP contribution in [0.15, 0.2) is 5.38 Å². The van der Waals surface area contributed by atoms with Gasteiger partial charge in [-0.15, -0.1) is 11.3 Å². The highest BCUT2D eigenvalue weighted by molar-refractivity contribution is 7.09. The summed E-state index contributed by atoms with van der Waals surface area (Å²) < 4.78 is 0. The van der Waals surface area contributed by atoms with Crippen molar-refractivity contribution < 1.29 is 0 Å². The molecule has 0 amide bonds. The third-order valence-electron chi connectivity index (χ3n) is 3.09. The third-order valence-corrected chi connectivity index (χ3v) is 4.18. The number of rotatable bonds is 2. The average molecular weight is 210 g/mol. The summed E-state index contributed by atoms with van der Waals surface area (Å²) in [6.07, 6.45) is 2.52. The zero-order chi connectivity index (χ0) is 9.97. The SMILES string of the molecule is CCC1CNCCC1c1nc(C)cs1. The van der Waals surface area contributed by atoms with Crippen molar-refractivity contribution in [3.05, 3.63) is 16.1 Å². The van der Waals surface area contributed by atoms with Gasteiger partial charge in [-0.05, 0) is 32.4 Å². The first kappa shape index (κ1) is 10.1. The molecule has 1 aliphatic heterocycles. The summed E-state index contributed by atoms with van der Waals surface area (Å²) in [6, 6.07) is 0. The summed E-state index contributed by atoms with van der Waals surface area (Å²) in [4.78, 5) is 4.62. The van der Waals surface area contributed by atoms with Crippen molar-refractivity contribution in [3.8, 4) is 0 Å². The van der Waals surface area contributed by atoms with E-state index in [9.17, 15) is 0 Å². The quantitative estimate of drug-likeness (QED) is 0.811. The van der Waals surface area contributed by atoms with Gasteiger partial charge in [0, 0.05) is 17.0 Å². The fourth-order valence-corrected chi connectivity index (χ4v) is 3.25. The second-order valence-electron chi connectivity index (χ2n) is 4.09. The Hall–Kier alpha value is -0.410. The van der Waals surface area contributed by atoms with Crippen LogP contribution in [0.2, 0.25) is 0 Å². The fraction of sp³-hybridized carbons (Fsp3) is 0.727. The minimum absolute atomic E-state index is 0.708. The average Bonchev–Trinajstić information content (AvgIpc) is 2.65. The van der Waals surface area contributed by atoms with Gasteiger partial charge in [0.2, 0.25) is 0 Å². The van der Waals surface area contributed by atoms with E-state index in [0.29, 0.717) is 5.92 Å². The maximum absolute atomic E-state index is 4.62. The number of aryl methyl sites for hydroxylation is 1. The number of nitrogens with zero attached hydrogens (tertiary/aromatic N) is 1. The normalized spacial score (nSPS) is 27.9. The van der Waals surface area contributed by atoms with Gasteiger partial charge in [0.1, 0.15) is 0 Å². The highest BCUT2D eigenvalue weighted by Crippen LogP contribution is 2.33. The van der Waals surface area contributed by atoms with E-state index in [1.165, 1.54) is 30.1 Å². The van der Waals surface area contributed by atoms with E-state index in [1.54, 1.807) is 0 Å². The molecule has 0 aliphatic carbocycles. The molecule has 1 aromatic rings. The Kier molecular flexibility index (Phi) is 3.19. The summed E-state index contributed by atoms with van der Waals surface area (Å²) in [5.74, 6) is 1.49. The molecular formula is C11H18N2S. The number of nitrogens with one attached hydrogen (secondary N) is 1. The van der Waals surface area contributed by atoms with E-state index in [-0.39, 0.29) is 0 Å². The van der Waals surface area contributed by atoms with Crippen molar-refractivity contribution in [3.63, 3.8) is 0 Å². The second-order valence-corrected chi connectivity index (χ2v) is 4.98. The monoisotopic (exact) mass is 210 g/mol. The maximum atomic E-state index is 4.62. The Morgan fingerprint density at radius 2 is 2.50 bits per heavy atom. The molecule has 1 N–H and O–H groups in total. The van der Waals surface area contributed by atoms with Crippen LogP contribution in [-0.2, 0) is 0 Å². The molecule has 2 heterocycles. The zero-order valence-corrected chi connectivity index (χ0v) is 9.73. The van der Waals surface area contributed by atoms with Crippen molar-refractivity contribution >= 4 is 11.3 Å². The van der Waals surface area contributed by atoms with E-state index in [0.717, 1.165) is 12.5 Å². The van der Waals surface area contributed by atoms with Crippen molar-refractivity contribution in [2.45, 2.75) is 32.6 Å². The molecule has 1 fully saturated rings. The molecule has 1 aliphatic rings. The van der Waals surface area contributed by atoms with Crippen LogP contribution in [-0.4, -0.2) is 18.1 Å². The van der Waals surface area contributed by atoms with Gasteiger partial charge in [0.15, 0.2) is 0 Å². The number of hydrogen-bond acceptors (Lipinski definition) is 3. The molecule has 1 saturated heterocycles. The standard InChI is InChI=1S/C11H18N2S/c1-3-9-6-12-5-4-10(9)11-13-8(2)7-14-11/h7,9-10,12H,3-6H2,1-2H3. The van der Waals surface area contributed by atoms with Crippen LogP contribution < -0.4 is 5.32 Å². The highest BCUT2D eigenvalue weighted by atomic mass is 32.1.